The van der Waals surface area contributed by atoms with Gasteiger partial charge in [0.15, 0.2) is 11.5 Å². The molecular weight excluding hydrogens is 388 g/mol. The Balaban J connectivity index is 2.12. The van der Waals surface area contributed by atoms with Gasteiger partial charge in [-0.2, -0.15) is 5.10 Å². The molecule has 2 aromatic carbocycles. The van der Waals surface area contributed by atoms with Gasteiger partial charge in [0.05, 0.1) is 30.0 Å². The first-order valence-corrected chi connectivity index (χ1v) is 8.47. The van der Waals surface area contributed by atoms with Crippen molar-refractivity contribution < 1.29 is 19.4 Å². The molecule has 0 radical (unpaired) electrons. The van der Waals surface area contributed by atoms with Crippen molar-refractivity contribution in [2.75, 3.05) is 13.7 Å². The maximum absolute atomic E-state index is 12.0. The zero-order valence-electron chi connectivity index (χ0n) is 14.0. The van der Waals surface area contributed by atoms with Crippen LogP contribution >= 0.6 is 15.9 Å². The van der Waals surface area contributed by atoms with Crippen molar-refractivity contribution in [1.29, 1.82) is 0 Å². The van der Waals surface area contributed by atoms with E-state index in [-0.39, 0.29) is 11.3 Å². The zero-order chi connectivity index (χ0) is 18.2. The number of phenols is 1. The van der Waals surface area contributed by atoms with Crippen molar-refractivity contribution in [2.24, 2.45) is 5.10 Å². The van der Waals surface area contributed by atoms with Gasteiger partial charge in [-0.1, -0.05) is 19.1 Å². The van der Waals surface area contributed by atoms with Crippen molar-refractivity contribution in [2.45, 2.75) is 13.3 Å². The van der Waals surface area contributed by atoms with E-state index in [1.54, 1.807) is 25.3 Å². The molecule has 0 saturated carbocycles. The van der Waals surface area contributed by atoms with E-state index in [0.717, 1.165) is 10.9 Å². The number of para-hydroxylation sites is 1. The number of hydrogen-bond donors (Lipinski definition) is 2. The largest absolute Gasteiger partial charge is 0.507 e. The Bertz CT molecular complexity index is 778. The second-order valence-electron chi connectivity index (χ2n) is 5.10. The van der Waals surface area contributed by atoms with Crippen molar-refractivity contribution in [1.82, 2.24) is 5.43 Å². The van der Waals surface area contributed by atoms with Gasteiger partial charge in [-0.3, -0.25) is 4.79 Å². The van der Waals surface area contributed by atoms with Crippen LogP contribution in [-0.2, 0) is 0 Å². The molecule has 1 amide bonds. The standard InChI is InChI=1S/C18H19BrN2O4/c1-3-8-25-17-14(19)9-12(10-16(17)24-2)11-20-21-18(23)13-6-4-5-7-15(13)22/h4-7,9-11,22H,3,8H2,1-2H3,(H,21,23)/b20-11-. The summed E-state index contributed by atoms with van der Waals surface area (Å²) in [7, 11) is 1.56. The summed E-state index contributed by atoms with van der Waals surface area (Å²) in [5.41, 5.74) is 3.24. The monoisotopic (exact) mass is 406 g/mol. The number of benzene rings is 2. The second kappa shape index (κ2) is 9.08. The lowest BCUT2D eigenvalue weighted by atomic mass is 10.2. The summed E-state index contributed by atoms with van der Waals surface area (Å²) in [6, 6.07) is 9.82. The van der Waals surface area contributed by atoms with E-state index in [1.165, 1.54) is 18.3 Å². The number of carbonyl (C=O) groups excluding carboxylic acids is 1. The van der Waals surface area contributed by atoms with Crippen LogP contribution in [0.4, 0.5) is 0 Å². The first-order valence-electron chi connectivity index (χ1n) is 7.68. The molecule has 7 heteroatoms. The van der Waals surface area contributed by atoms with Crippen molar-refractivity contribution >= 4 is 28.1 Å². The Labute approximate surface area is 154 Å². The molecule has 2 N–H and O–H groups in total. The van der Waals surface area contributed by atoms with Gasteiger partial charge >= 0.3 is 0 Å². The van der Waals surface area contributed by atoms with Crippen LogP contribution in [0.15, 0.2) is 46.0 Å². The molecule has 0 heterocycles. The van der Waals surface area contributed by atoms with Crippen molar-refractivity contribution in [3.63, 3.8) is 0 Å². The maximum Gasteiger partial charge on any atom is 0.275 e. The van der Waals surface area contributed by atoms with Crippen LogP contribution in [-0.4, -0.2) is 30.9 Å². The van der Waals surface area contributed by atoms with E-state index < -0.39 is 5.91 Å². The van der Waals surface area contributed by atoms with Gasteiger partial charge in [-0.05, 0) is 52.2 Å². The highest BCUT2D eigenvalue weighted by atomic mass is 79.9. The summed E-state index contributed by atoms with van der Waals surface area (Å²) in [4.78, 5) is 12.0. The average Bonchev–Trinajstić information content (AvgIpc) is 2.60. The maximum atomic E-state index is 12.0. The van der Waals surface area contributed by atoms with Crippen LogP contribution < -0.4 is 14.9 Å². The van der Waals surface area contributed by atoms with Crippen molar-refractivity contribution in [3.8, 4) is 17.2 Å². The lowest BCUT2D eigenvalue weighted by Crippen LogP contribution is -2.17. The minimum absolute atomic E-state index is 0.1000. The lowest BCUT2D eigenvalue weighted by Gasteiger charge is -2.12. The minimum Gasteiger partial charge on any atom is -0.507 e. The SMILES string of the molecule is CCCOc1c(Br)cc(/C=N\NC(=O)c2ccccc2O)cc1OC. The summed E-state index contributed by atoms with van der Waals surface area (Å²) in [5, 5.41) is 13.6. The number of methoxy groups -OCH3 is 1. The number of amides is 1. The summed E-state index contributed by atoms with van der Waals surface area (Å²) in [5.74, 6) is 0.594. The number of hydrogen-bond acceptors (Lipinski definition) is 5. The molecule has 2 aromatic rings. The van der Waals surface area contributed by atoms with Gasteiger partial charge in [0.2, 0.25) is 0 Å². The van der Waals surface area contributed by atoms with Crippen LogP contribution in [0.2, 0.25) is 0 Å². The molecule has 0 saturated heterocycles. The number of halogens is 1. The number of rotatable bonds is 7. The van der Waals surface area contributed by atoms with E-state index in [9.17, 15) is 9.90 Å². The van der Waals surface area contributed by atoms with Crippen LogP contribution in [0.5, 0.6) is 17.2 Å². The lowest BCUT2D eigenvalue weighted by molar-refractivity contribution is 0.0952. The number of nitrogens with one attached hydrogen (secondary N) is 1. The number of nitrogens with zero attached hydrogens (tertiary/aromatic N) is 1. The fourth-order valence-corrected chi connectivity index (χ4v) is 2.62. The predicted molar refractivity (Wildman–Crippen MR) is 99.6 cm³/mol. The Hall–Kier alpha value is -2.54. The molecule has 6 nitrogen and oxygen atoms in total. The van der Waals surface area contributed by atoms with Gasteiger partial charge in [-0.15, -0.1) is 0 Å². The molecule has 0 unspecified atom stereocenters. The van der Waals surface area contributed by atoms with Crippen molar-refractivity contribution in [3.05, 3.63) is 52.0 Å². The Kier molecular flexibility index (Phi) is 6.82. The number of phenolic OH excluding ortho intramolecular Hbond substituents is 1. The summed E-state index contributed by atoms with van der Waals surface area (Å²) >= 11 is 3.45. The minimum atomic E-state index is -0.497. The molecule has 0 aliphatic rings. The van der Waals surface area contributed by atoms with Crippen LogP contribution in [0.1, 0.15) is 29.3 Å². The third-order valence-electron chi connectivity index (χ3n) is 3.23. The molecule has 0 fully saturated rings. The van der Waals surface area contributed by atoms with E-state index >= 15 is 0 Å². The van der Waals surface area contributed by atoms with Gasteiger partial charge in [0, 0.05) is 0 Å². The molecule has 2 rings (SSSR count). The van der Waals surface area contributed by atoms with E-state index in [2.05, 4.69) is 26.5 Å². The van der Waals surface area contributed by atoms with Crippen LogP contribution in [0.25, 0.3) is 0 Å². The number of hydrazone groups is 1. The van der Waals surface area contributed by atoms with Gasteiger partial charge in [0.1, 0.15) is 5.75 Å². The van der Waals surface area contributed by atoms with Crippen LogP contribution in [0.3, 0.4) is 0 Å². The number of ether oxygens (including phenoxy) is 2. The quantitative estimate of drug-likeness (QED) is 0.542. The predicted octanol–water partition coefficient (Wildman–Crippen LogP) is 3.72. The van der Waals surface area contributed by atoms with E-state index in [0.29, 0.717) is 23.7 Å². The first-order chi connectivity index (χ1) is 12.1. The highest BCUT2D eigenvalue weighted by molar-refractivity contribution is 9.10. The average molecular weight is 407 g/mol. The summed E-state index contributed by atoms with van der Waals surface area (Å²) < 4.78 is 11.7. The van der Waals surface area contributed by atoms with Gasteiger partial charge in [-0.25, -0.2) is 5.43 Å². The molecule has 0 aromatic heterocycles. The molecule has 0 bridgehead atoms. The Morgan fingerprint density at radius 1 is 1.36 bits per heavy atom. The second-order valence-corrected chi connectivity index (χ2v) is 5.95. The molecule has 0 spiro atoms. The van der Waals surface area contributed by atoms with E-state index in [4.69, 9.17) is 9.47 Å². The highest BCUT2D eigenvalue weighted by Gasteiger charge is 2.11. The zero-order valence-corrected chi connectivity index (χ0v) is 15.5. The number of aromatic hydroxyl groups is 1. The topological polar surface area (TPSA) is 80.2 Å². The Morgan fingerprint density at radius 2 is 2.12 bits per heavy atom. The van der Waals surface area contributed by atoms with Gasteiger partial charge < -0.3 is 14.6 Å². The first kappa shape index (κ1) is 18.8. The third kappa shape index (κ3) is 4.96. The highest BCUT2D eigenvalue weighted by Crippen LogP contribution is 2.36. The summed E-state index contributed by atoms with van der Waals surface area (Å²) in [6.07, 6.45) is 2.37. The fraction of sp³-hybridized carbons (Fsp3) is 0.222. The van der Waals surface area contributed by atoms with Gasteiger partial charge in [0.25, 0.3) is 5.91 Å². The van der Waals surface area contributed by atoms with E-state index in [1.807, 2.05) is 13.0 Å². The molecule has 0 aliphatic heterocycles. The molecular formula is C18H19BrN2O4. The Morgan fingerprint density at radius 3 is 2.80 bits per heavy atom. The smallest absolute Gasteiger partial charge is 0.275 e. The molecule has 132 valence electrons. The fourth-order valence-electron chi connectivity index (χ4n) is 2.05. The molecule has 0 aliphatic carbocycles. The summed E-state index contributed by atoms with van der Waals surface area (Å²) in [6.45, 7) is 2.60. The molecule has 25 heavy (non-hydrogen) atoms. The third-order valence-corrected chi connectivity index (χ3v) is 3.82. The number of carbonyl (C=O) groups is 1. The molecule has 0 atom stereocenters. The van der Waals surface area contributed by atoms with Crippen LogP contribution in [0, 0.1) is 0 Å². The normalized spacial score (nSPS) is 10.7.